The van der Waals surface area contributed by atoms with Crippen LogP contribution in [0.3, 0.4) is 0 Å². The zero-order valence-corrected chi connectivity index (χ0v) is 15.0. The van der Waals surface area contributed by atoms with Crippen LogP contribution in [0.1, 0.15) is 12.5 Å². The highest BCUT2D eigenvalue weighted by Crippen LogP contribution is 2.38. The quantitative estimate of drug-likeness (QED) is 0.519. The van der Waals surface area contributed by atoms with Gasteiger partial charge in [-0.25, -0.2) is 0 Å². The second-order valence-corrected chi connectivity index (χ2v) is 7.09. The summed E-state index contributed by atoms with van der Waals surface area (Å²) >= 11 is 7.13. The van der Waals surface area contributed by atoms with E-state index in [1.165, 1.54) is 6.07 Å². The first-order chi connectivity index (χ1) is 12.1. The maximum Gasteiger partial charge on any atom is 0.200 e. The van der Waals surface area contributed by atoms with Gasteiger partial charge in [-0.1, -0.05) is 6.92 Å². The van der Waals surface area contributed by atoms with Crippen LogP contribution in [-0.2, 0) is 6.42 Å². The van der Waals surface area contributed by atoms with E-state index in [1.54, 1.807) is 22.4 Å². The van der Waals surface area contributed by atoms with Crippen LogP contribution < -0.4 is 5.32 Å². The van der Waals surface area contributed by atoms with Crippen LogP contribution in [0, 0.1) is 4.77 Å². The van der Waals surface area contributed by atoms with Gasteiger partial charge in [0, 0.05) is 16.6 Å². The number of aromatic hydroxyl groups is 2. The molecule has 0 fully saturated rings. The first-order valence-electron chi connectivity index (χ1n) is 7.82. The number of aryl methyl sites for hydroxylation is 1. The molecule has 0 saturated heterocycles. The Labute approximate surface area is 153 Å². The van der Waals surface area contributed by atoms with Crippen LogP contribution in [0.4, 0.5) is 5.69 Å². The minimum atomic E-state index is -0.0397. The van der Waals surface area contributed by atoms with Crippen molar-refractivity contribution in [2.24, 2.45) is 0 Å². The Morgan fingerprint density at radius 2 is 2.08 bits per heavy atom. The predicted octanol–water partition coefficient (Wildman–Crippen LogP) is 4.05. The molecule has 0 radical (unpaired) electrons. The highest BCUT2D eigenvalue weighted by Gasteiger charge is 2.18. The minimum absolute atomic E-state index is 0.0397. The Bertz CT molecular complexity index is 1030. The van der Waals surface area contributed by atoms with Gasteiger partial charge in [0.1, 0.15) is 11.5 Å². The van der Waals surface area contributed by atoms with Gasteiger partial charge in [-0.15, -0.1) is 11.8 Å². The number of hydrogen-bond donors (Lipinski definition) is 4. The smallest absolute Gasteiger partial charge is 0.200 e. The summed E-state index contributed by atoms with van der Waals surface area (Å²) in [5.74, 6) is 1.39. The molecule has 0 aliphatic carbocycles. The summed E-state index contributed by atoms with van der Waals surface area (Å²) < 4.78 is 2.23. The van der Waals surface area contributed by atoms with Crippen molar-refractivity contribution >= 4 is 29.7 Å². The van der Waals surface area contributed by atoms with E-state index in [4.69, 9.17) is 12.2 Å². The minimum Gasteiger partial charge on any atom is -0.508 e. The number of fused-ring (bicyclic) bond motifs is 1. The molecule has 4 N–H and O–H groups in total. The maximum atomic E-state index is 10.3. The Hall–Kier alpha value is -2.45. The van der Waals surface area contributed by atoms with Crippen molar-refractivity contribution in [3.05, 3.63) is 40.7 Å². The van der Waals surface area contributed by atoms with E-state index in [-0.39, 0.29) is 11.5 Å². The molecule has 0 amide bonds. The van der Waals surface area contributed by atoms with Crippen molar-refractivity contribution in [1.82, 2.24) is 14.8 Å². The summed E-state index contributed by atoms with van der Waals surface area (Å²) in [6.07, 6.45) is 0.644. The number of rotatable bonds is 3. The fourth-order valence-corrected chi connectivity index (χ4v) is 4.03. The lowest BCUT2D eigenvalue weighted by Gasteiger charge is -2.11. The molecule has 3 aromatic rings. The molecule has 128 valence electrons. The molecule has 2 heterocycles. The van der Waals surface area contributed by atoms with E-state index in [0.29, 0.717) is 22.6 Å². The van der Waals surface area contributed by atoms with Crippen molar-refractivity contribution < 1.29 is 10.2 Å². The second kappa shape index (κ2) is 6.12. The summed E-state index contributed by atoms with van der Waals surface area (Å²) in [5, 5.41) is 30.7. The highest BCUT2D eigenvalue weighted by molar-refractivity contribution is 7.99. The van der Waals surface area contributed by atoms with Crippen LogP contribution in [0.5, 0.6) is 11.5 Å². The Morgan fingerprint density at radius 1 is 1.24 bits per heavy atom. The molecule has 25 heavy (non-hydrogen) atoms. The molecule has 0 saturated carbocycles. The Balaban J connectivity index is 1.91. The Morgan fingerprint density at radius 3 is 2.88 bits per heavy atom. The van der Waals surface area contributed by atoms with Gasteiger partial charge in [0.2, 0.25) is 0 Å². The van der Waals surface area contributed by atoms with Gasteiger partial charge in [-0.05, 0) is 48.5 Å². The highest BCUT2D eigenvalue weighted by atomic mass is 32.2. The van der Waals surface area contributed by atoms with E-state index >= 15 is 0 Å². The average Bonchev–Trinajstić information content (AvgIpc) is 3.20. The van der Waals surface area contributed by atoms with Crippen LogP contribution in [0.25, 0.3) is 17.1 Å². The molecule has 0 bridgehead atoms. The number of benzene rings is 2. The van der Waals surface area contributed by atoms with Crippen LogP contribution in [-0.4, -0.2) is 30.9 Å². The molecule has 8 heteroatoms. The molecule has 6 nitrogen and oxygen atoms in total. The zero-order chi connectivity index (χ0) is 17.6. The van der Waals surface area contributed by atoms with Gasteiger partial charge in [0.25, 0.3) is 0 Å². The number of thioether (sulfide) groups is 1. The van der Waals surface area contributed by atoms with Gasteiger partial charge in [-0.3, -0.25) is 9.67 Å². The normalized spacial score (nSPS) is 12.8. The van der Waals surface area contributed by atoms with E-state index in [0.717, 1.165) is 27.7 Å². The summed E-state index contributed by atoms with van der Waals surface area (Å²) in [6.45, 7) is 1.94. The zero-order valence-electron chi connectivity index (χ0n) is 13.4. The number of aromatic amines is 1. The third-order valence-corrected chi connectivity index (χ3v) is 5.42. The van der Waals surface area contributed by atoms with Gasteiger partial charge in [-0.2, -0.15) is 5.10 Å². The fraction of sp³-hybridized carbons (Fsp3) is 0.176. The molecule has 2 aromatic carbocycles. The lowest BCUT2D eigenvalue weighted by molar-refractivity contribution is 0.447. The number of nitrogens with one attached hydrogen (secondary N) is 2. The van der Waals surface area contributed by atoms with Gasteiger partial charge >= 0.3 is 0 Å². The first kappa shape index (κ1) is 16.0. The summed E-state index contributed by atoms with van der Waals surface area (Å²) in [5.41, 5.74) is 3.23. The van der Waals surface area contributed by atoms with Crippen molar-refractivity contribution in [2.75, 3.05) is 11.2 Å². The molecule has 0 unspecified atom stereocenters. The summed E-state index contributed by atoms with van der Waals surface area (Å²) in [4.78, 5) is 1.15. The molecular formula is C17H16N4O2S2. The van der Waals surface area contributed by atoms with E-state index < -0.39 is 0 Å². The molecule has 4 rings (SSSR count). The monoisotopic (exact) mass is 372 g/mol. The molecular weight excluding hydrogens is 356 g/mol. The maximum absolute atomic E-state index is 10.3. The number of phenols is 2. The SMILES string of the molecule is CCc1cc(-c2n[nH]c(=S)n2-c2ccc3c(c2)SCN3)c(O)cc1O. The number of phenolic OH excluding ortho intramolecular Hbond substituents is 2. The number of hydrogen-bond acceptors (Lipinski definition) is 6. The lowest BCUT2D eigenvalue weighted by Crippen LogP contribution is -1.99. The van der Waals surface area contributed by atoms with Crippen molar-refractivity contribution in [1.29, 1.82) is 0 Å². The third-order valence-electron chi connectivity index (χ3n) is 4.20. The van der Waals surface area contributed by atoms with Crippen molar-refractivity contribution in [3.63, 3.8) is 0 Å². The average molecular weight is 372 g/mol. The topological polar surface area (TPSA) is 86.1 Å². The Kier molecular flexibility index (Phi) is 3.93. The lowest BCUT2D eigenvalue weighted by atomic mass is 10.1. The summed E-state index contributed by atoms with van der Waals surface area (Å²) in [6, 6.07) is 9.11. The second-order valence-electron chi connectivity index (χ2n) is 5.69. The standard InChI is InChI=1S/C17H16N4O2S2/c1-2-9-5-11(14(23)7-13(9)22)16-19-20-17(24)21(16)10-3-4-12-15(6-10)25-8-18-12/h3-7,18,22-23H,2,8H2,1H3,(H,20,24). The van der Waals surface area contributed by atoms with Gasteiger partial charge in [0.05, 0.1) is 17.1 Å². The number of aromatic nitrogens is 3. The molecule has 1 aliphatic rings. The molecule has 1 aliphatic heterocycles. The third kappa shape index (κ3) is 2.67. The van der Waals surface area contributed by atoms with Gasteiger partial charge in [0.15, 0.2) is 10.6 Å². The van der Waals surface area contributed by atoms with Crippen molar-refractivity contribution in [3.8, 4) is 28.6 Å². The molecule has 0 atom stereocenters. The number of anilines is 1. The number of nitrogens with zero attached hydrogens (tertiary/aromatic N) is 2. The molecule has 1 aromatic heterocycles. The predicted molar refractivity (Wildman–Crippen MR) is 101 cm³/mol. The van der Waals surface area contributed by atoms with Crippen LogP contribution in [0.2, 0.25) is 0 Å². The fourth-order valence-electron chi connectivity index (χ4n) is 2.91. The molecule has 0 spiro atoms. The largest absolute Gasteiger partial charge is 0.508 e. The van der Waals surface area contributed by atoms with Crippen molar-refractivity contribution in [2.45, 2.75) is 18.2 Å². The van der Waals surface area contributed by atoms with E-state index in [9.17, 15) is 10.2 Å². The number of H-pyrrole nitrogens is 1. The van der Waals surface area contributed by atoms with Crippen LogP contribution in [0.15, 0.2) is 35.2 Å². The first-order valence-corrected chi connectivity index (χ1v) is 9.21. The van der Waals surface area contributed by atoms with Crippen LogP contribution >= 0.6 is 24.0 Å². The van der Waals surface area contributed by atoms with E-state index in [1.807, 2.05) is 25.1 Å². The van der Waals surface area contributed by atoms with E-state index in [2.05, 4.69) is 15.5 Å². The summed E-state index contributed by atoms with van der Waals surface area (Å²) in [7, 11) is 0. The van der Waals surface area contributed by atoms with Gasteiger partial charge < -0.3 is 15.5 Å².